The fourth-order valence-corrected chi connectivity index (χ4v) is 1.82. The zero-order valence-electron chi connectivity index (χ0n) is 9.31. The normalized spacial score (nSPS) is 12.6. The van der Waals surface area contributed by atoms with Gasteiger partial charge in [-0.3, -0.25) is 4.68 Å². The molecule has 1 aromatic heterocycles. The molecule has 1 heterocycles. The van der Waals surface area contributed by atoms with E-state index in [1.54, 1.807) is 0 Å². The Kier molecular flexibility index (Phi) is 3.78. The summed E-state index contributed by atoms with van der Waals surface area (Å²) in [7, 11) is 0. The minimum atomic E-state index is 0.600. The average molecular weight is 279 g/mol. The van der Waals surface area contributed by atoms with Crippen LogP contribution in [0.1, 0.15) is 6.92 Å². The molecule has 0 N–H and O–H groups in total. The molecule has 0 aliphatic heterocycles. The molecule has 3 heteroatoms. The van der Waals surface area contributed by atoms with Gasteiger partial charge in [-0.15, -0.1) is 0 Å². The second-order valence-electron chi connectivity index (χ2n) is 4.08. The summed E-state index contributed by atoms with van der Waals surface area (Å²) in [5.41, 5.74) is 2.41. The van der Waals surface area contributed by atoms with E-state index >= 15 is 0 Å². The van der Waals surface area contributed by atoms with E-state index in [2.05, 4.69) is 46.3 Å². The monoisotopic (exact) mass is 278 g/mol. The fourth-order valence-electron chi connectivity index (χ4n) is 1.61. The molecule has 0 aliphatic carbocycles. The molecule has 16 heavy (non-hydrogen) atoms. The number of nitrogens with zero attached hydrogens (tertiary/aromatic N) is 2. The zero-order chi connectivity index (χ0) is 11.4. The highest BCUT2D eigenvalue weighted by Crippen LogP contribution is 2.18. The molecule has 0 amide bonds. The van der Waals surface area contributed by atoms with Crippen LogP contribution in [0.3, 0.4) is 0 Å². The second-order valence-corrected chi connectivity index (χ2v) is 4.72. The quantitative estimate of drug-likeness (QED) is 0.782. The lowest BCUT2D eigenvalue weighted by Crippen LogP contribution is -2.08. The van der Waals surface area contributed by atoms with Crippen LogP contribution in [0.5, 0.6) is 0 Å². The van der Waals surface area contributed by atoms with Gasteiger partial charge in [-0.1, -0.05) is 53.2 Å². The highest BCUT2D eigenvalue weighted by atomic mass is 79.9. The average Bonchev–Trinajstić information content (AvgIpc) is 2.78. The summed E-state index contributed by atoms with van der Waals surface area (Å²) in [4.78, 5) is 0. The summed E-state index contributed by atoms with van der Waals surface area (Å²) in [6.07, 6.45) is 4.03. The predicted molar refractivity (Wildman–Crippen MR) is 70.6 cm³/mol. The summed E-state index contributed by atoms with van der Waals surface area (Å²) in [5.74, 6) is 0.600. The summed E-state index contributed by atoms with van der Waals surface area (Å²) in [6.45, 7) is 3.16. The maximum atomic E-state index is 4.38. The topological polar surface area (TPSA) is 17.8 Å². The van der Waals surface area contributed by atoms with Crippen LogP contribution in [-0.4, -0.2) is 15.1 Å². The summed E-state index contributed by atoms with van der Waals surface area (Å²) in [5, 5.41) is 5.38. The Morgan fingerprint density at radius 2 is 2.00 bits per heavy atom. The van der Waals surface area contributed by atoms with Crippen molar-refractivity contribution in [2.75, 3.05) is 5.33 Å². The van der Waals surface area contributed by atoms with Gasteiger partial charge in [0.2, 0.25) is 0 Å². The standard InChI is InChI=1S/C13H15BrN2/c1-11(7-14)9-16-10-13(8-15-16)12-5-3-2-4-6-12/h2-6,8,10-11H,7,9H2,1H3. The molecule has 2 nitrogen and oxygen atoms in total. The lowest BCUT2D eigenvalue weighted by molar-refractivity contribution is 0.491. The van der Waals surface area contributed by atoms with Gasteiger partial charge in [-0.2, -0.15) is 5.10 Å². The van der Waals surface area contributed by atoms with Crippen molar-refractivity contribution in [2.24, 2.45) is 5.92 Å². The van der Waals surface area contributed by atoms with E-state index in [4.69, 9.17) is 0 Å². The van der Waals surface area contributed by atoms with E-state index in [0.717, 1.165) is 11.9 Å². The Morgan fingerprint density at radius 1 is 1.25 bits per heavy atom. The lowest BCUT2D eigenvalue weighted by atomic mass is 10.1. The van der Waals surface area contributed by atoms with Gasteiger partial charge in [-0.05, 0) is 11.5 Å². The number of aromatic nitrogens is 2. The maximum Gasteiger partial charge on any atom is 0.0568 e. The van der Waals surface area contributed by atoms with Gasteiger partial charge in [0, 0.05) is 23.6 Å². The molecule has 0 bridgehead atoms. The number of halogens is 1. The van der Waals surface area contributed by atoms with Crippen LogP contribution < -0.4 is 0 Å². The van der Waals surface area contributed by atoms with Crippen molar-refractivity contribution in [1.82, 2.24) is 9.78 Å². The molecule has 1 unspecified atom stereocenters. The van der Waals surface area contributed by atoms with E-state index < -0.39 is 0 Å². The zero-order valence-corrected chi connectivity index (χ0v) is 10.9. The second kappa shape index (κ2) is 5.30. The molecule has 0 aliphatic rings. The molecular formula is C13H15BrN2. The number of rotatable bonds is 4. The van der Waals surface area contributed by atoms with Crippen molar-refractivity contribution in [2.45, 2.75) is 13.5 Å². The summed E-state index contributed by atoms with van der Waals surface area (Å²) >= 11 is 3.48. The van der Waals surface area contributed by atoms with Crippen molar-refractivity contribution in [3.05, 3.63) is 42.7 Å². The van der Waals surface area contributed by atoms with Crippen LogP contribution in [0, 0.1) is 5.92 Å². The molecule has 0 fully saturated rings. The van der Waals surface area contributed by atoms with E-state index in [-0.39, 0.29) is 0 Å². The third-order valence-corrected chi connectivity index (χ3v) is 3.61. The van der Waals surface area contributed by atoms with Gasteiger partial charge < -0.3 is 0 Å². The summed E-state index contributed by atoms with van der Waals surface area (Å²) in [6, 6.07) is 10.3. The van der Waals surface area contributed by atoms with Gasteiger partial charge in [0.25, 0.3) is 0 Å². The highest BCUT2D eigenvalue weighted by molar-refractivity contribution is 9.09. The number of benzene rings is 1. The Morgan fingerprint density at radius 3 is 2.69 bits per heavy atom. The van der Waals surface area contributed by atoms with Crippen LogP contribution >= 0.6 is 15.9 Å². The van der Waals surface area contributed by atoms with Crippen molar-refractivity contribution in [3.63, 3.8) is 0 Å². The molecule has 0 saturated carbocycles. The Balaban J connectivity index is 2.14. The van der Waals surface area contributed by atoms with E-state index in [1.807, 2.05) is 29.1 Å². The van der Waals surface area contributed by atoms with Crippen LogP contribution in [0.15, 0.2) is 42.7 Å². The Labute approximate surface area is 104 Å². The lowest BCUT2D eigenvalue weighted by Gasteiger charge is -2.06. The van der Waals surface area contributed by atoms with Gasteiger partial charge in [0.15, 0.2) is 0 Å². The van der Waals surface area contributed by atoms with Gasteiger partial charge in [0.05, 0.1) is 6.20 Å². The van der Waals surface area contributed by atoms with Crippen LogP contribution in [0.25, 0.3) is 11.1 Å². The highest BCUT2D eigenvalue weighted by Gasteiger charge is 2.04. The molecule has 84 valence electrons. The molecule has 1 aromatic carbocycles. The first-order chi connectivity index (χ1) is 7.79. The van der Waals surface area contributed by atoms with Gasteiger partial charge in [0.1, 0.15) is 0 Å². The smallest absolute Gasteiger partial charge is 0.0568 e. The Hall–Kier alpha value is -1.09. The molecule has 1 atom stereocenters. The van der Waals surface area contributed by atoms with Crippen LogP contribution in [-0.2, 0) is 6.54 Å². The molecule has 2 aromatic rings. The van der Waals surface area contributed by atoms with Crippen molar-refractivity contribution in [1.29, 1.82) is 0 Å². The molecule has 0 spiro atoms. The van der Waals surface area contributed by atoms with Gasteiger partial charge in [-0.25, -0.2) is 0 Å². The van der Waals surface area contributed by atoms with E-state index in [0.29, 0.717) is 5.92 Å². The molecular weight excluding hydrogens is 264 g/mol. The maximum absolute atomic E-state index is 4.38. The molecule has 2 rings (SSSR count). The first-order valence-corrected chi connectivity index (χ1v) is 6.55. The molecule has 0 radical (unpaired) electrons. The van der Waals surface area contributed by atoms with Crippen molar-refractivity contribution < 1.29 is 0 Å². The van der Waals surface area contributed by atoms with Gasteiger partial charge >= 0.3 is 0 Å². The van der Waals surface area contributed by atoms with E-state index in [9.17, 15) is 0 Å². The third kappa shape index (κ3) is 2.73. The largest absolute Gasteiger partial charge is 0.272 e. The minimum absolute atomic E-state index is 0.600. The first-order valence-electron chi connectivity index (χ1n) is 5.43. The van der Waals surface area contributed by atoms with Crippen LogP contribution in [0.2, 0.25) is 0 Å². The number of alkyl halides is 1. The molecule has 0 saturated heterocycles. The third-order valence-electron chi connectivity index (χ3n) is 2.50. The van der Waals surface area contributed by atoms with Crippen LogP contribution in [0.4, 0.5) is 0 Å². The predicted octanol–water partition coefficient (Wildman–Crippen LogP) is 3.58. The minimum Gasteiger partial charge on any atom is -0.272 e. The number of hydrogen-bond acceptors (Lipinski definition) is 1. The Bertz CT molecular complexity index is 436. The summed E-state index contributed by atoms with van der Waals surface area (Å²) < 4.78 is 2.01. The fraction of sp³-hybridized carbons (Fsp3) is 0.308. The SMILES string of the molecule is CC(CBr)Cn1cc(-c2ccccc2)cn1. The van der Waals surface area contributed by atoms with E-state index in [1.165, 1.54) is 11.1 Å². The van der Waals surface area contributed by atoms with Crippen molar-refractivity contribution >= 4 is 15.9 Å². The first kappa shape index (κ1) is 11.4. The number of hydrogen-bond donors (Lipinski definition) is 0. The van der Waals surface area contributed by atoms with Crippen molar-refractivity contribution in [3.8, 4) is 11.1 Å².